The molecule has 0 saturated carbocycles. The largest absolute Gasteiger partial charge is 0.483 e. The molecule has 1 heterocycles. The predicted octanol–water partition coefficient (Wildman–Crippen LogP) is 3.86. The Morgan fingerprint density at radius 1 is 1.33 bits per heavy atom. The number of rotatable bonds is 4. The predicted molar refractivity (Wildman–Crippen MR) is 66.5 cm³/mol. The molecule has 0 atom stereocenters. The molecule has 6 heteroatoms. The molecule has 1 N–H and O–H groups in total. The van der Waals surface area contributed by atoms with Crippen LogP contribution in [0.1, 0.15) is 16.1 Å². The minimum Gasteiger partial charge on any atom is -0.483 e. The van der Waals surface area contributed by atoms with Gasteiger partial charge in [0.2, 0.25) is 0 Å². The Morgan fingerprint density at radius 2 is 2.00 bits per heavy atom. The summed E-state index contributed by atoms with van der Waals surface area (Å²) in [7, 11) is 0. The van der Waals surface area contributed by atoms with Crippen molar-refractivity contribution < 1.29 is 19.1 Å². The fraction of sp³-hybridized carbons (Fsp3) is 0.0833. The summed E-state index contributed by atoms with van der Waals surface area (Å²) in [6.07, 6.45) is 1.15. The van der Waals surface area contributed by atoms with Crippen LogP contribution >= 0.6 is 23.2 Å². The van der Waals surface area contributed by atoms with Gasteiger partial charge in [-0.1, -0.05) is 29.3 Å². The highest BCUT2D eigenvalue weighted by atomic mass is 35.5. The molecule has 94 valence electrons. The summed E-state index contributed by atoms with van der Waals surface area (Å²) in [4.78, 5) is 10.7. The van der Waals surface area contributed by atoms with E-state index >= 15 is 0 Å². The molecule has 2 aromatic rings. The van der Waals surface area contributed by atoms with E-state index in [0.29, 0.717) is 21.6 Å². The van der Waals surface area contributed by atoms with Crippen LogP contribution in [0.25, 0.3) is 0 Å². The maximum absolute atomic E-state index is 10.7. The van der Waals surface area contributed by atoms with Gasteiger partial charge >= 0.3 is 5.97 Å². The molecule has 0 aliphatic heterocycles. The Bertz CT molecular complexity index is 557. The Hall–Kier alpha value is -1.65. The molecular weight excluding hydrogens is 279 g/mol. The number of carboxylic acid groups (broad SMARTS) is 1. The number of carbonyl (C=O) groups is 1. The maximum atomic E-state index is 10.7. The fourth-order valence-electron chi connectivity index (χ4n) is 1.33. The lowest BCUT2D eigenvalue weighted by Gasteiger charge is -2.07. The highest BCUT2D eigenvalue weighted by molar-refractivity contribution is 6.37. The van der Waals surface area contributed by atoms with Crippen LogP contribution in [0.3, 0.4) is 0 Å². The number of halogens is 2. The van der Waals surface area contributed by atoms with Gasteiger partial charge in [0.15, 0.2) is 5.75 Å². The van der Waals surface area contributed by atoms with Crippen molar-refractivity contribution in [2.24, 2.45) is 0 Å². The smallest absolute Gasteiger partial charge is 0.338 e. The van der Waals surface area contributed by atoms with Crippen molar-refractivity contribution in [1.82, 2.24) is 0 Å². The summed E-state index contributed by atoms with van der Waals surface area (Å²) < 4.78 is 10.4. The summed E-state index contributed by atoms with van der Waals surface area (Å²) in [5, 5.41) is 9.49. The van der Waals surface area contributed by atoms with Gasteiger partial charge in [-0.05, 0) is 18.2 Å². The van der Waals surface area contributed by atoms with Crippen LogP contribution in [0.4, 0.5) is 0 Å². The number of ether oxygens (including phenoxy) is 1. The van der Waals surface area contributed by atoms with E-state index in [2.05, 4.69) is 0 Å². The first-order valence-corrected chi connectivity index (χ1v) is 5.71. The fourth-order valence-corrected chi connectivity index (χ4v) is 1.84. The number of benzene rings is 1. The van der Waals surface area contributed by atoms with Crippen LogP contribution in [-0.2, 0) is 6.61 Å². The van der Waals surface area contributed by atoms with E-state index < -0.39 is 5.97 Å². The van der Waals surface area contributed by atoms with E-state index in [4.69, 9.17) is 37.5 Å². The number of aromatic carboxylic acids is 1. The highest BCUT2D eigenvalue weighted by Gasteiger charge is 2.11. The second-order valence-corrected chi connectivity index (χ2v) is 4.26. The lowest BCUT2D eigenvalue weighted by molar-refractivity contribution is 0.0696. The molecule has 0 amide bonds. The molecular formula is C12H8Cl2O4. The van der Waals surface area contributed by atoms with Gasteiger partial charge in [-0.15, -0.1) is 0 Å². The monoisotopic (exact) mass is 286 g/mol. The summed E-state index contributed by atoms with van der Waals surface area (Å²) in [6.45, 7) is 0.0523. The number of hydrogen-bond donors (Lipinski definition) is 1. The molecule has 0 bridgehead atoms. The zero-order valence-corrected chi connectivity index (χ0v) is 10.5. The van der Waals surface area contributed by atoms with Crippen LogP contribution in [0.2, 0.25) is 10.0 Å². The van der Waals surface area contributed by atoms with Crippen molar-refractivity contribution in [1.29, 1.82) is 0 Å². The Kier molecular flexibility index (Phi) is 3.79. The van der Waals surface area contributed by atoms with Crippen LogP contribution in [0, 0.1) is 0 Å². The topological polar surface area (TPSA) is 59.7 Å². The molecule has 0 fully saturated rings. The first-order chi connectivity index (χ1) is 8.58. The average molecular weight is 287 g/mol. The molecule has 0 radical (unpaired) electrons. The number of hydrogen-bond acceptors (Lipinski definition) is 3. The molecule has 2 rings (SSSR count). The second-order valence-electron chi connectivity index (χ2n) is 3.45. The standard InChI is InChI=1S/C12H8Cl2O4/c13-9-2-1-3-10(14)11(9)18-6-8-4-7(5-17-8)12(15)16/h1-5H,6H2,(H,15,16). The van der Waals surface area contributed by atoms with Crippen molar-refractivity contribution in [2.45, 2.75) is 6.61 Å². The number of furan rings is 1. The number of carboxylic acids is 1. The van der Waals surface area contributed by atoms with E-state index in [-0.39, 0.29) is 12.2 Å². The van der Waals surface area contributed by atoms with Gasteiger partial charge < -0.3 is 14.3 Å². The normalized spacial score (nSPS) is 10.3. The van der Waals surface area contributed by atoms with Crippen molar-refractivity contribution in [3.05, 3.63) is 51.9 Å². The van der Waals surface area contributed by atoms with Gasteiger partial charge in [-0.2, -0.15) is 0 Å². The Morgan fingerprint density at radius 3 is 2.56 bits per heavy atom. The van der Waals surface area contributed by atoms with Crippen molar-refractivity contribution in [3.8, 4) is 5.75 Å². The first-order valence-electron chi connectivity index (χ1n) is 4.95. The minimum atomic E-state index is -1.05. The van der Waals surface area contributed by atoms with Crippen LogP contribution in [0.5, 0.6) is 5.75 Å². The van der Waals surface area contributed by atoms with Gasteiger partial charge in [0.25, 0.3) is 0 Å². The lowest BCUT2D eigenvalue weighted by Crippen LogP contribution is -1.96. The zero-order valence-electron chi connectivity index (χ0n) is 9.02. The van der Waals surface area contributed by atoms with Gasteiger partial charge in [0.1, 0.15) is 18.6 Å². The van der Waals surface area contributed by atoms with Crippen molar-refractivity contribution >= 4 is 29.2 Å². The molecule has 18 heavy (non-hydrogen) atoms. The summed E-state index contributed by atoms with van der Waals surface area (Å²) >= 11 is 11.8. The molecule has 0 aliphatic rings. The summed E-state index contributed by atoms with van der Waals surface area (Å²) in [5.74, 6) is -0.335. The minimum absolute atomic E-state index is 0.0523. The van der Waals surface area contributed by atoms with Crippen molar-refractivity contribution in [3.63, 3.8) is 0 Å². The Balaban J connectivity index is 2.09. The van der Waals surface area contributed by atoms with Gasteiger partial charge in [-0.3, -0.25) is 0 Å². The highest BCUT2D eigenvalue weighted by Crippen LogP contribution is 2.32. The average Bonchev–Trinajstić information content (AvgIpc) is 2.77. The molecule has 0 unspecified atom stereocenters. The molecule has 0 spiro atoms. The second kappa shape index (κ2) is 5.33. The maximum Gasteiger partial charge on any atom is 0.338 e. The van der Waals surface area contributed by atoms with Crippen molar-refractivity contribution in [2.75, 3.05) is 0 Å². The van der Waals surface area contributed by atoms with Gasteiger partial charge in [0, 0.05) is 0 Å². The molecule has 4 nitrogen and oxygen atoms in total. The first kappa shape index (κ1) is 12.8. The molecule has 0 aliphatic carbocycles. The van der Waals surface area contributed by atoms with E-state index in [1.165, 1.54) is 6.07 Å². The van der Waals surface area contributed by atoms with E-state index in [1.807, 2.05) is 0 Å². The molecule has 1 aromatic heterocycles. The quantitative estimate of drug-likeness (QED) is 0.927. The van der Waals surface area contributed by atoms with Gasteiger partial charge in [-0.25, -0.2) is 4.79 Å². The third-order valence-electron chi connectivity index (χ3n) is 2.18. The van der Waals surface area contributed by atoms with E-state index in [0.717, 1.165) is 6.26 Å². The third-order valence-corrected chi connectivity index (χ3v) is 2.77. The zero-order chi connectivity index (χ0) is 13.1. The SMILES string of the molecule is O=C(O)c1coc(COc2c(Cl)cccc2Cl)c1. The summed E-state index contributed by atoms with van der Waals surface area (Å²) in [6, 6.07) is 6.38. The Labute approximate surface area is 113 Å². The lowest BCUT2D eigenvalue weighted by atomic mass is 10.3. The van der Waals surface area contributed by atoms with E-state index in [1.54, 1.807) is 18.2 Å². The van der Waals surface area contributed by atoms with Crippen LogP contribution < -0.4 is 4.74 Å². The molecule has 1 aromatic carbocycles. The van der Waals surface area contributed by atoms with Gasteiger partial charge in [0.05, 0.1) is 15.6 Å². The van der Waals surface area contributed by atoms with Crippen LogP contribution in [0.15, 0.2) is 34.9 Å². The third kappa shape index (κ3) is 2.78. The van der Waals surface area contributed by atoms with Crippen LogP contribution in [-0.4, -0.2) is 11.1 Å². The summed E-state index contributed by atoms with van der Waals surface area (Å²) in [5.41, 5.74) is 0.0684. The molecule has 0 saturated heterocycles. The number of para-hydroxylation sites is 1. The van der Waals surface area contributed by atoms with E-state index in [9.17, 15) is 4.79 Å².